The van der Waals surface area contributed by atoms with E-state index in [2.05, 4.69) is 44.2 Å². The fourth-order valence-electron chi connectivity index (χ4n) is 1.12. The molecule has 0 aromatic carbocycles. The summed E-state index contributed by atoms with van der Waals surface area (Å²) in [6.07, 6.45) is 1.94. The van der Waals surface area contributed by atoms with E-state index in [4.69, 9.17) is 4.43 Å². The Balaban J connectivity index is 2.41. The molecule has 0 radical (unpaired) electrons. The van der Waals surface area contributed by atoms with E-state index in [1.54, 1.807) is 0 Å². The first-order chi connectivity index (χ1) is 7.22. The molecule has 0 aliphatic rings. The van der Waals surface area contributed by atoms with Crippen molar-refractivity contribution in [2.75, 3.05) is 6.61 Å². The highest BCUT2D eigenvalue weighted by Crippen LogP contribution is 2.36. The molecule has 92 valence electrons. The lowest BCUT2D eigenvalue weighted by Crippen LogP contribution is -2.41. The summed E-state index contributed by atoms with van der Waals surface area (Å²) in [5, 5.41) is 8.22. The topological polar surface area (TPSA) is 39.9 Å². The van der Waals surface area contributed by atoms with Gasteiger partial charge >= 0.3 is 0 Å². The van der Waals surface area contributed by atoms with E-state index in [9.17, 15) is 0 Å². The maximum Gasteiger partial charge on any atom is 0.192 e. The van der Waals surface area contributed by atoms with E-state index in [0.29, 0.717) is 0 Å². The minimum atomic E-state index is -1.61. The van der Waals surface area contributed by atoms with Crippen LogP contribution in [0.25, 0.3) is 0 Å². The highest BCUT2D eigenvalue weighted by atomic mass is 28.4. The molecular weight excluding hydrogens is 218 g/mol. The van der Waals surface area contributed by atoms with Gasteiger partial charge < -0.3 is 4.43 Å². The predicted molar refractivity (Wildman–Crippen MR) is 67.9 cm³/mol. The van der Waals surface area contributed by atoms with Crippen molar-refractivity contribution >= 4 is 8.32 Å². The normalized spacial score (nSPS) is 13.1. The van der Waals surface area contributed by atoms with Crippen LogP contribution >= 0.6 is 0 Å². The summed E-state index contributed by atoms with van der Waals surface area (Å²) in [5.74, 6) is 0. The van der Waals surface area contributed by atoms with Gasteiger partial charge in [-0.1, -0.05) is 26.0 Å². The Kier molecular flexibility index (Phi) is 3.91. The van der Waals surface area contributed by atoms with E-state index in [1.165, 1.54) is 0 Å². The minimum Gasteiger partial charge on any atom is -0.415 e. The van der Waals surface area contributed by atoms with Crippen molar-refractivity contribution in [3.63, 3.8) is 0 Å². The number of aromatic nitrogens is 3. The van der Waals surface area contributed by atoms with Crippen molar-refractivity contribution in [3.8, 4) is 0 Å². The lowest BCUT2D eigenvalue weighted by Gasteiger charge is -2.36. The molecule has 1 aromatic rings. The molecule has 1 heterocycles. The SMILES string of the molecule is Cc1cn(CCO[Si](C)(C)C(C)(C)C)nn1. The van der Waals surface area contributed by atoms with E-state index >= 15 is 0 Å². The summed E-state index contributed by atoms with van der Waals surface area (Å²) in [6.45, 7) is 14.7. The summed E-state index contributed by atoms with van der Waals surface area (Å²) < 4.78 is 7.89. The van der Waals surface area contributed by atoms with Gasteiger partial charge in [0.15, 0.2) is 8.32 Å². The predicted octanol–water partition coefficient (Wildman–Crippen LogP) is 2.61. The van der Waals surface area contributed by atoms with Crippen molar-refractivity contribution in [1.29, 1.82) is 0 Å². The molecule has 0 bridgehead atoms. The van der Waals surface area contributed by atoms with Gasteiger partial charge in [-0.2, -0.15) is 0 Å². The quantitative estimate of drug-likeness (QED) is 0.761. The molecular formula is C11H23N3OSi. The smallest absolute Gasteiger partial charge is 0.192 e. The molecule has 0 amide bonds. The average molecular weight is 241 g/mol. The average Bonchev–Trinajstić information content (AvgIpc) is 2.49. The van der Waals surface area contributed by atoms with Gasteiger partial charge in [0, 0.05) is 6.20 Å². The van der Waals surface area contributed by atoms with Gasteiger partial charge in [-0.15, -0.1) is 5.10 Å². The molecule has 0 fully saturated rings. The maximum atomic E-state index is 6.06. The molecule has 4 nitrogen and oxygen atoms in total. The molecule has 0 saturated carbocycles. The van der Waals surface area contributed by atoms with Crippen LogP contribution in [-0.2, 0) is 11.0 Å². The van der Waals surface area contributed by atoms with Gasteiger partial charge in [0.05, 0.1) is 18.8 Å². The van der Waals surface area contributed by atoms with E-state index in [-0.39, 0.29) is 5.04 Å². The second kappa shape index (κ2) is 4.67. The third-order valence-electron chi connectivity index (χ3n) is 3.24. The van der Waals surface area contributed by atoms with Crippen molar-refractivity contribution in [2.45, 2.75) is 52.4 Å². The Hall–Kier alpha value is -0.683. The zero-order valence-corrected chi connectivity index (χ0v) is 12.2. The third-order valence-corrected chi connectivity index (χ3v) is 7.78. The fourth-order valence-corrected chi connectivity index (χ4v) is 2.15. The summed E-state index contributed by atoms with van der Waals surface area (Å²) in [5.41, 5.74) is 0.951. The Labute approximate surface area is 99.1 Å². The van der Waals surface area contributed by atoms with Crippen LogP contribution in [-0.4, -0.2) is 29.9 Å². The van der Waals surface area contributed by atoms with Crippen molar-refractivity contribution < 1.29 is 4.43 Å². The summed E-state index contributed by atoms with van der Waals surface area (Å²) in [7, 11) is -1.61. The first-order valence-electron chi connectivity index (χ1n) is 5.73. The number of nitrogens with zero attached hydrogens (tertiary/aromatic N) is 3. The Morgan fingerprint density at radius 1 is 1.38 bits per heavy atom. The Morgan fingerprint density at radius 3 is 2.44 bits per heavy atom. The standard InChI is InChI=1S/C11H23N3OSi/c1-10-9-14(13-12-10)7-8-15-16(5,6)11(2,3)4/h9H,7-8H2,1-6H3. The Morgan fingerprint density at radius 2 is 2.00 bits per heavy atom. The molecule has 0 N–H and O–H groups in total. The Bertz CT molecular complexity index is 341. The van der Waals surface area contributed by atoms with Crippen LogP contribution in [0.1, 0.15) is 26.5 Å². The van der Waals surface area contributed by atoms with Crippen LogP contribution in [0.2, 0.25) is 18.1 Å². The van der Waals surface area contributed by atoms with Crippen molar-refractivity contribution in [1.82, 2.24) is 15.0 Å². The van der Waals surface area contributed by atoms with Crippen molar-refractivity contribution in [3.05, 3.63) is 11.9 Å². The lowest BCUT2D eigenvalue weighted by molar-refractivity contribution is 0.264. The van der Waals surface area contributed by atoms with Crippen LogP contribution in [0.4, 0.5) is 0 Å². The molecule has 0 spiro atoms. The van der Waals surface area contributed by atoms with Crippen LogP contribution in [0, 0.1) is 6.92 Å². The molecule has 16 heavy (non-hydrogen) atoms. The zero-order valence-electron chi connectivity index (χ0n) is 11.2. The van der Waals surface area contributed by atoms with E-state index < -0.39 is 8.32 Å². The highest BCUT2D eigenvalue weighted by Gasteiger charge is 2.36. The van der Waals surface area contributed by atoms with Gasteiger partial charge in [0.25, 0.3) is 0 Å². The first-order valence-corrected chi connectivity index (χ1v) is 8.64. The fraction of sp³-hybridized carbons (Fsp3) is 0.818. The van der Waals surface area contributed by atoms with E-state index in [1.807, 2.05) is 17.8 Å². The highest BCUT2D eigenvalue weighted by molar-refractivity contribution is 6.74. The molecule has 0 saturated heterocycles. The van der Waals surface area contributed by atoms with Gasteiger partial charge in [-0.05, 0) is 25.1 Å². The number of aryl methyl sites for hydroxylation is 1. The molecule has 1 rings (SSSR count). The van der Waals surface area contributed by atoms with Gasteiger partial charge in [-0.25, -0.2) is 0 Å². The summed E-state index contributed by atoms with van der Waals surface area (Å²) in [6, 6.07) is 0. The van der Waals surface area contributed by atoms with Crippen LogP contribution in [0.5, 0.6) is 0 Å². The second-order valence-corrected chi connectivity index (χ2v) is 10.5. The molecule has 0 atom stereocenters. The number of hydrogen-bond donors (Lipinski definition) is 0. The number of hydrogen-bond acceptors (Lipinski definition) is 3. The molecule has 1 aromatic heterocycles. The molecule has 5 heteroatoms. The van der Waals surface area contributed by atoms with Crippen LogP contribution in [0.15, 0.2) is 6.20 Å². The lowest BCUT2D eigenvalue weighted by atomic mass is 10.2. The van der Waals surface area contributed by atoms with Gasteiger partial charge in [-0.3, -0.25) is 4.68 Å². The monoisotopic (exact) mass is 241 g/mol. The van der Waals surface area contributed by atoms with E-state index in [0.717, 1.165) is 18.8 Å². The van der Waals surface area contributed by atoms with Gasteiger partial charge in [0.2, 0.25) is 0 Å². The summed E-state index contributed by atoms with van der Waals surface area (Å²) in [4.78, 5) is 0. The zero-order chi connectivity index (χ0) is 12.4. The van der Waals surface area contributed by atoms with Crippen LogP contribution < -0.4 is 0 Å². The second-order valence-electron chi connectivity index (χ2n) is 5.73. The van der Waals surface area contributed by atoms with Crippen LogP contribution in [0.3, 0.4) is 0 Å². The molecule has 0 unspecified atom stereocenters. The van der Waals surface area contributed by atoms with Crippen molar-refractivity contribution in [2.24, 2.45) is 0 Å². The number of rotatable bonds is 4. The van der Waals surface area contributed by atoms with Gasteiger partial charge in [0.1, 0.15) is 0 Å². The molecule has 0 aliphatic carbocycles. The molecule has 0 aliphatic heterocycles. The minimum absolute atomic E-state index is 0.269. The first kappa shape index (κ1) is 13.4. The largest absolute Gasteiger partial charge is 0.415 e. The summed E-state index contributed by atoms with van der Waals surface area (Å²) >= 11 is 0. The maximum absolute atomic E-state index is 6.06. The third kappa shape index (κ3) is 3.42.